The molecule has 0 amide bonds. The van der Waals surface area contributed by atoms with Gasteiger partial charge in [-0.3, -0.25) is 0 Å². The average Bonchev–Trinajstić information content (AvgIpc) is 1.14. The third-order valence-electron chi connectivity index (χ3n) is 0.354. The minimum Gasteiger partial charge on any atom is -0.564 e. The summed E-state index contributed by atoms with van der Waals surface area (Å²) in [7, 11) is -4.66. The molecule has 0 heterocycles. The first kappa shape index (κ1) is 13.9. The van der Waals surface area contributed by atoms with Crippen LogP contribution in [-0.4, -0.2) is 20.3 Å². The van der Waals surface area contributed by atoms with Gasteiger partial charge in [-0.05, 0) is 0 Å². The molecule has 0 radical (unpaired) electrons. The van der Waals surface area contributed by atoms with Crippen molar-refractivity contribution in [2.45, 2.75) is 6.18 Å². The summed E-state index contributed by atoms with van der Waals surface area (Å²) in [6.45, 7) is 0. The van der Waals surface area contributed by atoms with Crippen molar-refractivity contribution in [3.8, 4) is 0 Å². The van der Waals surface area contributed by atoms with E-state index in [0.29, 0.717) is 0 Å². The van der Waals surface area contributed by atoms with Crippen LogP contribution in [0, 0.1) is 0 Å². The van der Waals surface area contributed by atoms with Crippen molar-refractivity contribution >= 4 is 10.0 Å². The second kappa shape index (κ2) is 4.38. The Morgan fingerprint density at radius 3 is 1.60 bits per heavy atom. The fraction of sp³-hybridized carbons (Fsp3) is 1.00. The van der Waals surface area contributed by atoms with E-state index in [2.05, 4.69) is 0 Å². The first-order chi connectivity index (χ1) is 3.71. The van der Waals surface area contributed by atoms with Gasteiger partial charge < -0.3 is 5.14 Å². The third-order valence-corrected chi connectivity index (χ3v) is 1.06. The summed E-state index contributed by atoms with van der Waals surface area (Å²) in [4.78, 5) is 0. The molecular formula is C2H3F3KNO2S. The summed E-state index contributed by atoms with van der Waals surface area (Å²) in [5.41, 5.74) is 0. The molecule has 10 heavy (non-hydrogen) atoms. The van der Waals surface area contributed by atoms with Crippen LogP contribution in [0.1, 0.15) is 0 Å². The van der Waals surface area contributed by atoms with E-state index >= 15 is 0 Å². The molecule has 0 aromatic carbocycles. The van der Waals surface area contributed by atoms with E-state index in [-0.39, 0.29) is 51.4 Å². The van der Waals surface area contributed by atoms with E-state index < -0.39 is 22.0 Å². The summed E-state index contributed by atoms with van der Waals surface area (Å²) in [6.07, 6.45) is -4.79. The topological polar surface area (TPSA) is 57.9 Å². The van der Waals surface area contributed by atoms with E-state index in [9.17, 15) is 21.6 Å². The molecule has 0 aliphatic heterocycles. The molecule has 0 saturated heterocycles. The zero-order chi connectivity index (χ0) is 7.71. The van der Waals surface area contributed by atoms with Crippen molar-refractivity contribution in [1.29, 1.82) is 0 Å². The van der Waals surface area contributed by atoms with Gasteiger partial charge in [0.05, 0.1) is 10.0 Å². The number of nitrogens with one attached hydrogen (secondary N) is 1. The smallest absolute Gasteiger partial charge is 0.564 e. The fourth-order valence-electron chi connectivity index (χ4n) is 0.215. The first-order valence-electron chi connectivity index (χ1n) is 1.75. The molecule has 0 atom stereocenters. The summed E-state index contributed by atoms with van der Waals surface area (Å²) in [5, 5.41) is 5.84. The van der Waals surface area contributed by atoms with Gasteiger partial charge in [0.25, 0.3) is 0 Å². The quantitative estimate of drug-likeness (QED) is 0.458. The Bertz CT molecular complexity index is 185. The monoisotopic (exact) mass is 201 g/mol. The van der Waals surface area contributed by atoms with Crippen molar-refractivity contribution in [2.24, 2.45) is 0 Å². The minimum absolute atomic E-state index is 0. The molecule has 0 aliphatic rings. The van der Waals surface area contributed by atoms with Crippen molar-refractivity contribution < 1.29 is 73.0 Å². The maximum Gasteiger partial charge on any atom is 1.00 e. The molecule has 0 spiro atoms. The average molecular weight is 201 g/mol. The molecule has 0 fully saturated rings. The van der Waals surface area contributed by atoms with Crippen LogP contribution in [0.25, 0.3) is 5.14 Å². The number of sulfonamides is 1. The predicted molar refractivity (Wildman–Crippen MR) is 24.2 cm³/mol. The van der Waals surface area contributed by atoms with Gasteiger partial charge in [0, 0.05) is 0 Å². The molecule has 1 N–H and O–H groups in total. The third kappa shape index (κ3) is 12.1. The largest absolute Gasteiger partial charge is 1.00 e. The van der Waals surface area contributed by atoms with Crippen molar-refractivity contribution in [3.63, 3.8) is 0 Å². The SMILES string of the molecule is [K+].[NH-]S(=O)(=O)CC(F)(F)F. The van der Waals surface area contributed by atoms with Gasteiger partial charge in [-0.15, -0.1) is 0 Å². The number of halogens is 3. The Hall–Kier alpha value is 1.34. The van der Waals surface area contributed by atoms with E-state index in [4.69, 9.17) is 5.14 Å². The first-order valence-corrected chi connectivity index (χ1v) is 3.40. The standard InChI is InChI=1S/C2H3F3NO2S.K/c3-2(4,5)1-9(6,7)8;/h1H2,(H-,6,7,8);/q-1;+1. The van der Waals surface area contributed by atoms with E-state index in [0.717, 1.165) is 0 Å². The van der Waals surface area contributed by atoms with Crippen LogP contribution < -0.4 is 51.4 Å². The number of rotatable bonds is 1. The molecule has 0 aliphatic carbocycles. The van der Waals surface area contributed by atoms with Gasteiger partial charge in [0.2, 0.25) is 0 Å². The van der Waals surface area contributed by atoms with E-state index in [1.165, 1.54) is 0 Å². The Morgan fingerprint density at radius 2 is 1.60 bits per heavy atom. The van der Waals surface area contributed by atoms with Gasteiger partial charge in [0.15, 0.2) is 0 Å². The molecule has 0 aromatic heterocycles. The summed E-state index contributed by atoms with van der Waals surface area (Å²) >= 11 is 0. The van der Waals surface area contributed by atoms with Crippen LogP contribution in [0.3, 0.4) is 0 Å². The summed E-state index contributed by atoms with van der Waals surface area (Å²) in [5.74, 6) is -2.07. The van der Waals surface area contributed by atoms with Crippen LogP contribution in [0.15, 0.2) is 0 Å². The Kier molecular flexibility index (Phi) is 6.09. The maximum atomic E-state index is 11.1. The number of hydrogen-bond acceptors (Lipinski definition) is 2. The number of hydrogen-bond donors (Lipinski definition) is 0. The van der Waals surface area contributed by atoms with Gasteiger partial charge in [-0.2, -0.15) is 13.2 Å². The normalized spacial score (nSPS) is 12.4. The predicted octanol–water partition coefficient (Wildman–Crippen LogP) is -2.07. The van der Waals surface area contributed by atoms with Crippen molar-refractivity contribution in [2.75, 3.05) is 5.75 Å². The van der Waals surface area contributed by atoms with Crippen LogP contribution >= 0.6 is 0 Å². The van der Waals surface area contributed by atoms with Crippen molar-refractivity contribution in [3.05, 3.63) is 5.14 Å². The maximum absolute atomic E-state index is 11.1. The molecule has 0 saturated carbocycles. The fourth-order valence-corrected chi connectivity index (χ4v) is 0.646. The Morgan fingerprint density at radius 1 is 1.30 bits per heavy atom. The van der Waals surface area contributed by atoms with Gasteiger partial charge >= 0.3 is 57.6 Å². The van der Waals surface area contributed by atoms with Crippen LogP contribution in [0.5, 0.6) is 0 Å². The molecular weight excluding hydrogens is 198 g/mol. The molecule has 56 valence electrons. The second-order valence-corrected chi connectivity index (χ2v) is 2.89. The molecule has 3 nitrogen and oxygen atoms in total. The zero-order valence-electron chi connectivity index (χ0n) is 5.07. The molecule has 0 aromatic rings. The molecule has 0 unspecified atom stereocenters. The molecule has 0 rings (SSSR count). The molecule has 8 heteroatoms. The van der Waals surface area contributed by atoms with Crippen LogP contribution in [0.4, 0.5) is 13.2 Å². The second-order valence-electron chi connectivity index (χ2n) is 1.37. The van der Waals surface area contributed by atoms with E-state index in [1.807, 2.05) is 0 Å². The van der Waals surface area contributed by atoms with E-state index in [1.54, 1.807) is 0 Å². The van der Waals surface area contributed by atoms with Crippen LogP contribution in [-0.2, 0) is 10.0 Å². The minimum atomic E-state index is -4.79. The van der Waals surface area contributed by atoms with Gasteiger partial charge in [-0.1, -0.05) is 0 Å². The summed E-state index contributed by atoms with van der Waals surface area (Å²) in [6, 6.07) is 0. The zero-order valence-corrected chi connectivity index (χ0v) is 9.01. The Balaban J connectivity index is 0. The van der Waals surface area contributed by atoms with Gasteiger partial charge in [-0.25, -0.2) is 8.42 Å². The van der Waals surface area contributed by atoms with Crippen LogP contribution in [0.2, 0.25) is 0 Å². The van der Waals surface area contributed by atoms with Gasteiger partial charge in [0.1, 0.15) is 5.75 Å². The summed E-state index contributed by atoms with van der Waals surface area (Å²) < 4.78 is 52.3. The Labute approximate surface area is 98.6 Å². The number of alkyl halides is 3. The van der Waals surface area contributed by atoms with Crippen molar-refractivity contribution in [1.82, 2.24) is 0 Å². The molecule has 0 bridgehead atoms.